The van der Waals surface area contributed by atoms with Crippen molar-refractivity contribution < 1.29 is 19.0 Å². The average molecular weight is 576 g/mol. The molecule has 1 saturated heterocycles. The summed E-state index contributed by atoms with van der Waals surface area (Å²) in [5, 5.41) is 10.2. The summed E-state index contributed by atoms with van der Waals surface area (Å²) in [6.45, 7) is 4.07. The minimum absolute atomic E-state index is 0.128. The molecular weight excluding hydrogens is 537 g/mol. The van der Waals surface area contributed by atoms with Crippen LogP contribution >= 0.6 is 11.5 Å². The Kier molecular flexibility index (Phi) is 9.98. The fraction of sp³-hybridized carbons (Fsp3) is 0.394. The zero-order valence-electron chi connectivity index (χ0n) is 23.4. The van der Waals surface area contributed by atoms with E-state index in [-0.39, 0.29) is 12.2 Å². The van der Waals surface area contributed by atoms with E-state index in [1.54, 1.807) is 6.07 Å². The van der Waals surface area contributed by atoms with Gasteiger partial charge in [0, 0.05) is 24.3 Å². The first-order valence-electron chi connectivity index (χ1n) is 14.5. The molecule has 5 rings (SSSR count). The Morgan fingerprint density at radius 3 is 2.49 bits per heavy atom. The second kappa shape index (κ2) is 14.0. The Morgan fingerprint density at radius 2 is 1.73 bits per heavy atom. The van der Waals surface area contributed by atoms with Crippen molar-refractivity contribution in [2.45, 2.75) is 50.9 Å². The monoisotopic (exact) mass is 575 g/mol. The van der Waals surface area contributed by atoms with Crippen LogP contribution in [0, 0.1) is 5.82 Å². The molecule has 6 nitrogen and oxygen atoms in total. The van der Waals surface area contributed by atoms with Crippen molar-refractivity contribution in [2.75, 3.05) is 32.8 Å². The summed E-state index contributed by atoms with van der Waals surface area (Å²) in [5.41, 5.74) is 11.5. The first-order valence-corrected chi connectivity index (χ1v) is 15.3. The highest BCUT2D eigenvalue weighted by molar-refractivity contribution is 7.13. The molecular formula is C33H38FN3O3S. The summed E-state index contributed by atoms with van der Waals surface area (Å²) in [4.78, 5) is 13.5. The lowest BCUT2D eigenvalue weighted by Gasteiger charge is -2.31. The summed E-state index contributed by atoms with van der Waals surface area (Å²) in [5.74, 6) is 0.355. The molecule has 0 radical (unpaired) electrons. The number of carbonyl (C=O) groups is 1. The maximum Gasteiger partial charge on any atom is 0.303 e. The van der Waals surface area contributed by atoms with Crippen molar-refractivity contribution in [2.24, 2.45) is 5.73 Å². The van der Waals surface area contributed by atoms with E-state index in [1.807, 2.05) is 24.3 Å². The number of likely N-dealkylation sites (tertiary alicyclic amines) is 1. The van der Waals surface area contributed by atoms with Crippen LogP contribution < -0.4 is 10.5 Å². The van der Waals surface area contributed by atoms with Crippen LogP contribution in [0.15, 0.2) is 60.7 Å². The number of fused-ring (bicyclic) bond motifs is 1. The van der Waals surface area contributed by atoms with Gasteiger partial charge in [0.1, 0.15) is 18.2 Å². The van der Waals surface area contributed by atoms with Crippen LogP contribution in [0.2, 0.25) is 0 Å². The lowest BCUT2D eigenvalue weighted by Crippen LogP contribution is -2.36. The third-order valence-corrected chi connectivity index (χ3v) is 8.75. The molecule has 2 heterocycles. The van der Waals surface area contributed by atoms with E-state index in [9.17, 15) is 9.18 Å². The van der Waals surface area contributed by atoms with Crippen molar-refractivity contribution in [3.63, 3.8) is 0 Å². The maximum atomic E-state index is 13.6. The summed E-state index contributed by atoms with van der Waals surface area (Å²) in [7, 11) is 0. The third kappa shape index (κ3) is 7.91. The molecule has 1 aromatic heterocycles. The number of carboxylic acids is 1. The van der Waals surface area contributed by atoms with Gasteiger partial charge in [0.25, 0.3) is 0 Å². The number of rotatable bonds is 13. The van der Waals surface area contributed by atoms with Crippen LogP contribution in [-0.4, -0.2) is 53.1 Å². The van der Waals surface area contributed by atoms with Gasteiger partial charge in [-0.2, -0.15) is 4.37 Å². The molecule has 41 heavy (non-hydrogen) atoms. The highest BCUT2D eigenvalue weighted by Gasteiger charge is 2.24. The standard InChI is InChI=1S/C33H38FN3O3S/c34-28-8-9-29-31(22-28)41-36-33(29)27-12-15-37(16-13-27)17-18-40-30-4-2-1-3-26(30)7-5-23-19-24(6-10-32(38)39)21-25(20-23)11-14-35/h1-4,8-9,19-22,27H,5-7,10-18,35H2,(H,38,39). The van der Waals surface area contributed by atoms with Crippen LogP contribution in [0.4, 0.5) is 4.39 Å². The fourth-order valence-electron chi connectivity index (χ4n) is 5.76. The number of piperidine rings is 1. The van der Waals surface area contributed by atoms with Crippen LogP contribution in [0.1, 0.15) is 53.1 Å². The molecule has 0 aliphatic carbocycles. The number of aromatic nitrogens is 1. The van der Waals surface area contributed by atoms with Gasteiger partial charge in [-0.15, -0.1) is 0 Å². The Bertz CT molecular complexity index is 1470. The molecule has 0 atom stereocenters. The molecule has 216 valence electrons. The minimum atomic E-state index is -0.780. The predicted octanol–water partition coefficient (Wildman–Crippen LogP) is 6.00. The van der Waals surface area contributed by atoms with Gasteiger partial charge < -0.3 is 15.6 Å². The van der Waals surface area contributed by atoms with Crippen LogP contribution in [0.5, 0.6) is 5.75 Å². The third-order valence-electron chi connectivity index (χ3n) is 7.93. The number of nitrogens with zero attached hydrogens (tertiary/aromatic N) is 2. The van der Waals surface area contributed by atoms with E-state index in [4.69, 9.17) is 15.6 Å². The van der Waals surface area contributed by atoms with Crippen molar-refractivity contribution >= 4 is 27.6 Å². The van der Waals surface area contributed by atoms with Crippen molar-refractivity contribution in [1.82, 2.24) is 9.27 Å². The summed E-state index contributed by atoms with van der Waals surface area (Å²) in [6, 6.07) is 19.6. The number of para-hydroxylation sites is 1. The van der Waals surface area contributed by atoms with E-state index in [1.165, 1.54) is 28.7 Å². The van der Waals surface area contributed by atoms with Gasteiger partial charge in [-0.05, 0) is 116 Å². The van der Waals surface area contributed by atoms with E-state index in [0.29, 0.717) is 25.5 Å². The van der Waals surface area contributed by atoms with Gasteiger partial charge in [0.2, 0.25) is 0 Å². The number of ether oxygens (including phenoxy) is 1. The lowest BCUT2D eigenvalue weighted by atomic mass is 9.91. The van der Waals surface area contributed by atoms with Gasteiger partial charge in [-0.3, -0.25) is 9.69 Å². The number of aliphatic carboxylic acids is 1. The smallest absolute Gasteiger partial charge is 0.303 e. The van der Waals surface area contributed by atoms with E-state index in [2.05, 4.69) is 33.5 Å². The number of aryl methyl sites for hydroxylation is 3. The summed E-state index contributed by atoms with van der Waals surface area (Å²) in [6.07, 6.45) is 5.23. The van der Waals surface area contributed by atoms with E-state index >= 15 is 0 Å². The van der Waals surface area contributed by atoms with E-state index in [0.717, 1.165) is 84.4 Å². The fourth-order valence-corrected chi connectivity index (χ4v) is 6.64. The molecule has 0 spiro atoms. The van der Waals surface area contributed by atoms with E-state index < -0.39 is 5.97 Å². The molecule has 1 fully saturated rings. The Labute approximate surface area is 245 Å². The number of nitrogens with two attached hydrogens (primary N) is 1. The molecule has 3 N–H and O–H groups in total. The Hall–Kier alpha value is -3.33. The highest BCUT2D eigenvalue weighted by atomic mass is 32.1. The topological polar surface area (TPSA) is 88.7 Å². The highest BCUT2D eigenvalue weighted by Crippen LogP contribution is 2.34. The number of benzene rings is 3. The molecule has 8 heteroatoms. The minimum Gasteiger partial charge on any atom is -0.492 e. The second-order valence-corrected chi connectivity index (χ2v) is 11.7. The quantitative estimate of drug-likeness (QED) is 0.203. The molecule has 1 aliphatic rings. The Balaban J connectivity index is 1.12. The molecule has 0 amide bonds. The summed E-state index contributed by atoms with van der Waals surface area (Å²) >= 11 is 1.39. The normalized spacial score (nSPS) is 14.5. The zero-order valence-corrected chi connectivity index (χ0v) is 24.2. The first kappa shape index (κ1) is 29.2. The molecule has 4 aromatic rings. The summed E-state index contributed by atoms with van der Waals surface area (Å²) < 4.78 is 25.4. The molecule has 3 aromatic carbocycles. The van der Waals surface area contributed by atoms with Crippen molar-refractivity contribution in [3.8, 4) is 5.75 Å². The number of halogens is 1. The lowest BCUT2D eigenvalue weighted by molar-refractivity contribution is -0.136. The maximum absolute atomic E-state index is 13.6. The van der Waals surface area contributed by atoms with Gasteiger partial charge in [-0.1, -0.05) is 36.4 Å². The van der Waals surface area contributed by atoms with Gasteiger partial charge in [0.05, 0.1) is 10.4 Å². The average Bonchev–Trinajstić information content (AvgIpc) is 3.39. The van der Waals surface area contributed by atoms with Gasteiger partial charge >= 0.3 is 5.97 Å². The zero-order chi connectivity index (χ0) is 28.6. The van der Waals surface area contributed by atoms with Crippen LogP contribution in [-0.2, 0) is 30.5 Å². The van der Waals surface area contributed by atoms with Crippen LogP contribution in [0.3, 0.4) is 0 Å². The molecule has 0 unspecified atom stereocenters. The molecule has 0 saturated carbocycles. The SMILES string of the molecule is NCCc1cc(CCC(=O)O)cc(CCc2ccccc2OCCN2CCC(c3nsc4cc(F)ccc34)CC2)c1. The van der Waals surface area contributed by atoms with Gasteiger partial charge in [-0.25, -0.2) is 4.39 Å². The Morgan fingerprint density at radius 1 is 1.00 bits per heavy atom. The van der Waals surface area contributed by atoms with Gasteiger partial charge in [0.15, 0.2) is 0 Å². The molecule has 1 aliphatic heterocycles. The molecule has 0 bridgehead atoms. The van der Waals surface area contributed by atoms with Crippen molar-refractivity contribution in [1.29, 1.82) is 0 Å². The second-order valence-electron chi connectivity index (χ2n) is 10.9. The van der Waals surface area contributed by atoms with Crippen LogP contribution in [0.25, 0.3) is 10.1 Å². The largest absolute Gasteiger partial charge is 0.492 e. The number of hydrogen-bond donors (Lipinski definition) is 2. The number of carboxylic acid groups (broad SMARTS) is 1. The first-order chi connectivity index (χ1) is 20.0. The predicted molar refractivity (Wildman–Crippen MR) is 162 cm³/mol. The number of hydrogen-bond acceptors (Lipinski definition) is 6. The van der Waals surface area contributed by atoms with Crippen molar-refractivity contribution in [3.05, 3.63) is 94.4 Å².